The minimum absolute atomic E-state index is 0.0218. The van der Waals surface area contributed by atoms with Crippen molar-refractivity contribution in [3.05, 3.63) is 29.5 Å². The fourth-order valence-electron chi connectivity index (χ4n) is 1.73. The van der Waals surface area contributed by atoms with Crippen molar-refractivity contribution in [3.8, 4) is 11.5 Å². The molecule has 0 spiro atoms. The van der Waals surface area contributed by atoms with Gasteiger partial charge in [-0.3, -0.25) is 4.79 Å². The number of carbonyl (C=O) groups excluding carboxylic acids is 1. The predicted octanol–water partition coefficient (Wildman–Crippen LogP) is 3.82. The lowest BCUT2D eigenvalue weighted by atomic mass is 10.1. The molecule has 1 aromatic rings. The molecule has 0 atom stereocenters. The van der Waals surface area contributed by atoms with E-state index in [4.69, 9.17) is 9.47 Å². The second-order valence-electron chi connectivity index (χ2n) is 4.25. The van der Waals surface area contributed by atoms with E-state index in [1.165, 1.54) is 11.8 Å². The quantitative estimate of drug-likeness (QED) is 0.771. The van der Waals surface area contributed by atoms with E-state index >= 15 is 0 Å². The van der Waals surface area contributed by atoms with Crippen molar-refractivity contribution in [2.45, 2.75) is 13.3 Å². The molecule has 0 saturated heterocycles. The van der Waals surface area contributed by atoms with Crippen LogP contribution in [0.2, 0.25) is 0 Å². The van der Waals surface area contributed by atoms with Crippen LogP contribution in [0.15, 0.2) is 28.9 Å². The summed E-state index contributed by atoms with van der Waals surface area (Å²) < 4.78 is 11.3. The van der Waals surface area contributed by atoms with Crippen LogP contribution in [0, 0.1) is 0 Å². The zero-order valence-corrected chi connectivity index (χ0v) is 13.8. The normalized spacial score (nSPS) is 16.2. The fraction of sp³-hybridized carbons (Fsp3) is 0.333. The standard InChI is InChI=1S/C15H17NO3S2/c1-4-7-20-15-16-12(14(17)21-15)8-10-5-6-11(18-2)9-13(10)19-3/h5-6,8-9H,4,7H2,1-3H3/b12-8-. The first-order chi connectivity index (χ1) is 10.2. The average Bonchev–Trinajstić information content (AvgIpc) is 2.85. The Morgan fingerprint density at radius 2 is 2.14 bits per heavy atom. The number of hydrogen-bond acceptors (Lipinski definition) is 6. The van der Waals surface area contributed by atoms with Crippen molar-refractivity contribution in [2.24, 2.45) is 4.99 Å². The van der Waals surface area contributed by atoms with Gasteiger partial charge >= 0.3 is 0 Å². The number of rotatable bonds is 5. The molecule has 21 heavy (non-hydrogen) atoms. The van der Waals surface area contributed by atoms with Gasteiger partial charge < -0.3 is 9.47 Å². The van der Waals surface area contributed by atoms with Gasteiger partial charge in [0.1, 0.15) is 21.6 Å². The SMILES string of the molecule is CCCSC1=N/C(=C\c2ccc(OC)cc2OC)C(=O)S1. The molecule has 6 heteroatoms. The zero-order chi connectivity index (χ0) is 15.2. The van der Waals surface area contributed by atoms with Crippen LogP contribution < -0.4 is 9.47 Å². The van der Waals surface area contributed by atoms with Crippen LogP contribution in [-0.4, -0.2) is 29.5 Å². The molecule has 1 heterocycles. The second-order valence-corrected chi connectivity index (χ2v) is 6.56. The van der Waals surface area contributed by atoms with Gasteiger partial charge in [-0.25, -0.2) is 4.99 Å². The summed E-state index contributed by atoms with van der Waals surface area (Å²) in [6.07, 6.45) is 2.82. The summed E-state index contributed by atoms with van der Waals surface area (Å²) in [5.74, 6) is 2.34. The smallest absolute Gasteiger partial charge is 0.244 e. The monoisotopic (exact) mass is 323 g/mol. The van der Waals surface area contributed by atoms with Crippen molar-refractivity contribution in [3.63, 3.8) is 0 Å². The molecule has 1 aliphatic heterocycles. The van der Waals surface area contributed by atoms with Crippen molar-refractivity contribution in [1.29, 1.82) is 0 Å². The predicted molar refractivity (Wildman–Crippen MR) is 90.3 cm³/mol. The number of benzene rings is 1. The Morgan fingerprint density at radius 1 is 1.33 bits per heavy atom. The number of ether oxygens (including phenoxy) is 2. The van der Waals surface area contributed by atoms with Crippen LogP contribution in [0.25, 0.3) is 6.08 Å². The molecule has 0 radical (unpaired) electrons. The third-order valence-electron chi connectivity index (χ3n) is 2.76. The van der Waals surface area contributed by atoms with E-state index in [-0.39, 0.29) is 5.12 Å². The summed E-state index contributed by atoms with van der Waals surface area (Å²) in [7, 11) is 3.19. The Morgan fingerprint density at radius 3 is 2.81 bits per heavy atom. The summed E-state index contributed by atoms with van der Waals surface area (Å²) in [5.41, 5.74) is 1.27. The molecule has 1 aliphatic rings. The highest BCUT2D eigenvalue weighted by Crippen LogP contribution is 2.33. The molecule has 1 aromatic carbocycles. The molecular weight excluding hydrogens is 306 g/mol. The van der Waals surface area contributed by atoms with Crippen molar-refractivity contribution in [1.82, 2.24) is 0 Å². The molecule has 0 fully saturated rings. The van der Waals surface area contributed by atoms with Gasteiger partial charge in [0.2, 0.25) is 5.12 Å². The molecule has 0 N–H and O–H groups in total. The van der Waals surface area contributed by atoms with E-state index in [0.717, 1.165) is 22.1 Å². The minimum atomic E-state index is -0.0218. The summed E-state index contributed by atoms with van der Waals surface area (Å²) in [4.78, 5) is 16.4. The first kappa shape index (κ1) is 16.0. The van der Waals surface area contributed by atoms with E-state index in [9.17, 15) is 4.79 Å². The summed E-state index contributed by atoms with van der Waals surface area (Å²) >= 11 is 2.81. The number of aliphatic imine (C=N–C) groups is 1. The third-order valence-corrected chi connectivity index (χ3v) is 4.98. The number of hydrogen-bond donors (Lipinski definition) is 0. The number of carbonyl (C=O) groups is 1. The first-order valence-corrected chi connectivity index (χ1v) is 8.35. The maximum Gasteiger partial charge on any atom is 0.244 e. The largest absolute Gasteiger partial charge is 0.497 e. The van der Waals surface area contributed by atoms with E-state index in [2.05, 4.69) is 11.9 Å². The summed E-state index contributed by atoms with van der Waals surface area (Å²) in [6.45, 7) is 2.11. The van der Waals surface area contributed by atoms with Gasteiger partial charge in [-0.1, -0.05) is 18.7 Å². The number of nitrogens with zero attached hydrogens (tertiary/aromatic N) is 1. The fourth-order valence-corrected chi connectivity index (χ4v) is 3.49. The lowest BCUT2D eigenvalue weighted by molar-refractivity contribution is -0.107. The van der Waals surface area contributed by atoms with Crippen LogP contribution in [0.4, 0.5) is 0 Å². The van der Waals surface area contributed by atoms with Crippen LogP contribution in [-0.2, 0) is 4.79 Å². The minimum Gasteiger partial charge on any atom is -0.497 e. The van der Waals surface area contributed by atoms with Gasteiger partial charge in [0.15, 0.2) is 0 Å². The lowest BCUT2D eigenvalue weighted by Gasteiger charge is -2.07. The van der Waals surface area contributed by atoms with Gasteiger partial charge in [-0.05, 0) is 42.1 Å². The van der Waals surface area contributed by atoms with E-state index in [1.54, 1.807) is 38.1 Å². The first-order valence-electron chi connectivity index (χ1n) is 6.55. The Bertz CT molecular complexity index is 597. The molecule has 4 nitrogen and oxygen atoms in total. The topological polar surface area (TPSA) is 47.9 Å². The Kier molecular flexibility index (Phi) is 5.76. The Balaban J connectivity index is 2.26. The van der Waals surface area contributed by atoms with Crippen LogP contribution >= 0.6 is 23.5 Å². The highest BCUT2D eigenvalue weighted by Gasteiger charge is 2.22. The van der Waals surface area contributed by atoms with Crippen LogP contribution in [0.5, 0.6) is 11.5 Å². The van der Waals surface area contributed by atoms with Crippen molar-refractivity contribution < 1.29 is 14.3 Å². The molecule has 0 aromatic heterocycles. The zero-order valence-electron chi connectivity index (χ0n) is 12.2. The van der Waals surface area contributed by atoms with Gasteiger partial charge in [0, 0.05) is 11.6 Å². The van der Waals surface area contributed by atoms with Crippen molar-refractivity contribution >= 4 is 39.1 Å². The van der Waals surface area contributed by atoms with E-state index in [0.29, 0.717) is 17.2 Å². The third kappa shape index (κ3) is 4.04. The van der Waals surface area contributed by atoms with Gasteiger partial charge in [-0.15, -0.1) is 0 Å². The molecule has 2 rings (SSSR count). The van der Waals surface area contributed by atoms with E-state index < -0.39 is 0 Å². The maximum absolute atomic E-state index is 12.0. The van der Waals surface area contributed by atoms with Crippen LogP contribution in [0.1, 0.15) is 18.9 Å². The molecule has 0 bridgehead atoms. The summed E-state index contributed by atoms with van der Waals surface area (Å²) in [5, 5.41) is -0.0218. The number of methoxy groups -OCH3 is 2. The highest BCUT2D eigenvalue weighted by atomic mass is 32.2. The Labute approximate surface area is 133 Å². The molecule has 0 unspecified atom stereocenters. The Hall–Kier alpha value is -1.40. The van der Waals surface area contributed by atoms with Gasteiger partial charge in [0.25, 0.3) is 0 Å². The lowest BCUT2D eigenvalue weighted by Crippen LogP contribution is -1.92. The highest BCUT2D eigenvalue weighted by molar-refractivity contribution is 8.45. The van der Waals surface area contributed by atoms with Gasteiger partial charge in [0.05, 0.1) is 14.2 Å². The molecule has 0 amide bonds. The maximum atomic E-state index is 12.0. The molecule has 0 aliphatic carbocycles. The molecule has 112 valence electrons. The van der Waals surface area contributed by atoms with Gasteiger partial charge in [-0.2, -0.15) is 0 Å². The van der Waals surface area contributed by atoms with Crippen molar-refractivity contribution in [2.75, 3.05) is 20.0 Å². The average molecular weight is 323 g/mol. The van der Waals surface area contributed by atoms with E-state index in [1.807, 2.05) is 12.1 Å². The second kappa shape index (κ2) is 7.56. The number of thioether (sulfide) groups is 2. The molecular formula is C15H17NO3S2. The summed E-state index contributed by atoms with van der Waals surface area (Å²) in [6, 6.07) is 5.47. The molecule has 0 saturated carbocycles. The van der Waals surface area contributed by atoms with Crippen LogP contribution in [0.3, 0.4) is 0 Å².